The first-order chi connectivity index (χ1) is 10.7. The van der Waals surface area contributed by atoms with Gasteiger partial charge >= 0.3 is 0 Å². The van der Waals surface area contributed by atoms with E-state index in [1.54, 1.807) is 13.0 Å². The van der Waals surface area contributed by atoms with Gasteiger partial charge in [-0.25, -0.2) is 0 Å². The number of carbonyl (C=O) groups is 1. The topological polar surface area (TPSA) is 70.7 Å². The second-order valence-electron chi connectivity index (χ2n) is 6.72. The van der Waals surface area contributed by atoms with Gasteiger partial charge in [0.1, 0.15) is 23.7 Å². The summed E-state index contributed by atoms with van der Waals surface area (Å²) in [7, 11) is 0. The fraction of sp³-hybridized carbons (Fsp3) is 0.526. The van der Waals surface area contributed by atoms with Gasteiger partial charge in [0, 0.05) is 12.3 Å². The third-order valence-corrected chi connectivity index (χ3v) is 4.68. The van der Waals surface area contributed by atoms with E-state index in [-0.39, 0.29) is 18.1 Å². The SMILES string of the molecule is C=C(C)[C@@H]1CCCC(=O)[C@@H](O)[C@@H](C(=C)C)c2cc(C)c(o2)[C@H]1O. The van der Waals surface area contributed by atoms with Gasteiger partial charge < -0.3 is 14.6 Å². The molecule has 1 aromatic rings. The molecule has 0 saturated heterocycles. The van der Waals surface area contributed by atoms with Gasteiger partial charge in [0.05, 0.1) is 5.92 Å². The lowest BCUT2D eigenvalue weighted by Crippen LogP contribution is -2.28. The van der Waals surface area contributed by atoms with E-state index in [0.717, 1.165) is 11.1 Å². The quantitative estimate of drug-likeness (QED) is 0.818. The van der Waals surface area contributed by atoms with E-state index < -0.39 is 18.1 Å². The van der Waals surface area contributed by atoms with Crippen LogP contribution < -0.4 is 0 Å². The number of furan rings is 1. The Balaban J connectivity index is 2.54. The van der Waals surface area contributed by atoms with Gasteiger partial charge in [0.2, 0.25) is 0 Å². The molecule has 0 aliphatic carbocycles. The summed E-state index contributed by atoms with van der Waals surface area (Å²) in [4.78, 5) is 12.3. The van der Waals surface area contributed by atoms with Crippen molar-refractivity contribution in [1.82, 2.24) is 0 Å². The van der Waals surface area contributed by atoms with Gasteiger partial charge in [-0.1, -0.05) is 24.3 Å². The molecule has 2 heterocycles. The molecule has 1 aromatic heterocycles. The Kier molecular flexibility index (Phi) is 5.27. The van der Waals surface area contributed by atoms with Crippen LogP contribution >= 0.6 is 0 Å². The predicted octanol–water partition coefficient (Wildman–Crippen LogP) is 3.59. The number of ketones is 1. The minimum absolute atomic E-state index is 0.168. The number of rotatable bonds is 2. The molecule has 0 amide bonds. The minimum Gasteiger partial charge on any atom is -0.462 e. The van der Waals surface area contributed by atoms with E-state index in [9.17, 15) is 15.0 Å². The Morgan fingerprint density at radius 1 is 1.22 bits per heavy atom. The van der Waals surface area contributed by atoms with Crippen molar-refractivity contribution in [2.24, 2.45) is 5.92 Å². The number of hydrogen-bond acceptors (Lipinski definition) is 4. The summed E-state index contributed by atoms with van der Waals surface area (Å²) in [6, 6.07) is 1.78. The molecule has 0 spiro atoms. The number of Topliss-reactive ketones (excluding diaryl/α,β-unsaturated/α-hetero) is 1. The summed E-state index contributed by atoms with van der Waals surface area (Å²) in [6.07, 6.45) is -0.463. The first kappa shape index (κ1) is 17.7. The van der Waals surface area contributed by atoms with Crippen LogP contribution in [0.25, 0.3) is 0 Å². The molecule has 4 atom stereocenters. The summed E-state index contributed by atoms with van der Waals surface area (Å²) in [6.45, 7) is 13.4. The van der Waals surface area contributed by atoms with E-state index >= 15 is 0 Å². The molecule has 0 unspecified atom stereocenters. The molecular formula is C19H26O4. The Bertz CT molecular complexity index is 625. The zero-order valence-corrected chi connectivity index (χ0v) is 14.1. The predicted molar refractivity (Wildman–Crippen MR) is 89.1 cm³/mol. The lowest BCUT2D eigenvalue weighted by molar-refractivity contribution is -0.128. The summed E-state index contributed by atoms with van der Waals surface area (Å²) in [5, 5.41) is 21.2. The Labute approximate surface area is 137 Å². The van der Waals surface area contributed by atoms with Crippen molar-refractivity contribution in [3.63, 3.8) is 0 Å². The van der Waals surface area contributed by atoms with Crippen LogP contribution in [0, 0.1) is 12.8 Å². The van der Waals surface area contributed by atoms with Crippen molar-refractivity contribution in [2.75, 3.05) is 0 Å². The van der Waals surface area contributed by atoms with Crippen molar-refractivity contribution < 1.29 is 19.4 Å². The highest BCUT2D eigenvalue weighted by molar-refractivity contribution is 5.84. The highest BCUT2D eigenvalue weighted by atomic mass is 16.4. The summed E-state index contributed by atoms with van der Waals surface area (Å²) >= 11 is 0. The summed E-state index contributed by atoms with van der Waals surface area (Å²) in [5.74, 6) is 0.000992. The molecule has 0 fully saturated rings. The maximum absolute atomic E-state index is 12.3. The molecule has 23 heavy (non-hydrogen) atoms. The van der Waals surface area contributed by atoms with E-state index in [1.807, 2.05) is 13.8 Å². The van der Waals surface area contributed by atoms with Gasteiger partial charge in [-0.05, 0) is 45.2 Å². The van der Waals surface area contributed by atoms with Crippen molar-refractivity contribution in [3.8, 4) is 0 Å². The molecule has 0 saturated carbocycles. The maximum Gasteiger partial charge on any atom is 0.162 e. The van der Waals surface area contributed by atoms with Crippen molar-refractivity contribution >= 4 is 5.78 Å². The van der Waals surface area contributed by atoms with Crippen LogP contribution in [-0.4, -0.2) is 22.1 Å². The molecule has 0 radical (unpaired) electrons. The number of fused-ring (bicyclic) bond motifs is 2. The fourth-order valence-corrected chi connectivity index (χ4v) is 3.32. The fourth-order valence-electron chi connectivity index (χ4n) is 3.32. The molecule has 1 aliphatic rings. The van der Waals surface area contributed by atoms with Gasteiger partial charge in [0.25, 0.3) is 0 Å². The summed E-state index contributed by atoms with van der Waals surface area (Å²) in [5.41, 5.74) is 2.33. The first-order valence-corrected chi connectivity index (χ1v) is 8.04. The van der Waals surface area contributed by atoms with Crippen LogP contribution in [-0.2, 0) is 4.79 Å². The molecule has 1 aliphatic heterocycles. The van der Waals surface area contributed by atoms with E-state index in [1.165, 1.54) is 0 Å². The largest absolute Gasteiger partial charge is 0.462 e. The standard InChI is InChI=1S/C19H26O4/c1-10(2)13-7-6-8-14(20)18(22)16(11(3)4)15-9-12(5)19(23-15)17(13)21/h9,13,16-18,21-22H,1,3,6-8H2,2,4-5H3/t13-,16-,17-,18+/m0/s1. The number of aliphatic hydroxyl groups excluding tert-OH is 2. The lowest BCUT2D eigenvalue weighted by Gasteiger charge is -2.22. The Hall–Kier alpha value is -1.65. The summed E-state index contributed by atoms with van der Waals surface area (Å²) < 4.78 is 5.87. The molecule has 0 aromatic carbocycles. The van der Waals surface area contributed by atoms with Crippen LogP contribution in [0.15, 0.2) is 34.8 Å². The third-order valence-electron chi connectivity index (χ3n) is 4.68. The van der Waals surface area contributed by atoms with E-state index in [4.69, 9.17) is 4.42 Å². The van der Waals surface area contributed by atoms with Gasteiger partial charge in [-0.2, -0.15) is 0 Å². The zero-order chi connectivity index (χ0) is 17.3. The number of aliphatic hydroxyl groups is 2. The van der Waals surface area contributed by atoms with Crippen LogP contribution in [0.3, 0.4) is 0 Å². The van der Waals surface area contributed by atoms with Gasteiger partial charge in [0.15, 0.2) is 5.78 Å². The molecule has 126 valence electrons. The maximum atomic E-state index is 12.3. The number of carbonyl (C=O) groups excluding carboxylic acids is 1. The first-order valence-electron chi connectivity index (χ1n) is 8.04. The zero-order valence-electron chi connectivity index (χ0n) is 14.1. The van der Waals surface area contributed by atoms with Crippen LogP contribution in [0.4, 0.5) is 0 Å². The smallest absolute Gasteiger partial charge is 0.162 e. The Morgan fingerprint density at radius 2 is 1.87 bits per heavy atom. The average Bonchev–Trinajstić information content (AvgIpc) is 2.82. The molecular weight excluding hydrogens is 292 g/mol. The van der Waals surface area contributed by atoms with Crippen molar-refractivity contribution in [1.29, 1.82) is 0 Å². The second-order valence-corrected chi connectivity index (χ2v) is 6.72. The number of aryl methyl sites for hydroxylation is 1. The van der Waals surface area contributed by atoms with Crippen molar-refractivity contribution in [3.05, 3.63) is 47.5 Å². The normalized spacial score (nSPS) is 29.0. The van der Waals surface area contributed by atoms with Crippen LogP contribution in [0.5, 0.6) is 0 Å². The average molecular weight is 318 g/mol. The second kappa shape index (κ2) is 6.85. The third kappa shape index (κ3) is 3.48. The molecule has 2 rings (SSSR count). The van der Waals surface area contributed by atoms with Crippen molar-refractivity contribution in [2.45, 2.75) is 58.2 Å². The van der Waals surface area contributed by atoms with Crippen LogP contribution in [0.1, 0.15) is 62.2 Å². The number of hydrogen-bond donors (Lipinski definition) is 2. The minimum atomic E-state index is -1.16. The molecule has 2 bridgehead atoms. The highest BCUT2D eigenvalue weighted by Gasteiger charge is 2.34. The highest BCUT2D eigenvalue weighted by Crippen LogP contribution is 2.39. The van der Waals surface area contributed by atoms with Crippen LogP contribution in [0.2, 0.25) is 0 Å². The molecule has 4 nitrogen and oxygen atoms in total. The van der Waals surface area contributed by atoms with Gasteiger partial charge in [-0.15, -0.1) is 0 Å². The van der Waals surface area contributed by atoms with E-state index in [2.05, 4.69) is 13.2 Å². The Morgan fingerprint density at radius 3 is 2.43 bits per heavy atom. The molecule has 4 heteroatoms. The lowest BCUT2D eigenvalue weighted by atomic mass is 9.85. The van der Waals surface area contributed by atoms with Gasteiger partial charge in [-0.3, -0.25) is 4.79 Å². The monoisotopic (exact) mass is 318 g/mol. The van der Waals surface area contributed by atoms with E-state index in [0.29, 0.717) is 29.9 Å². The molecule has 2 N–H and O–H groups in total.